The van der Waals surface area contributed by atoms with Gasteiger partial charge in [-0.1, -0.05) is 29.8 Å². The Labute approximate surface area is 152 Å². The third-order valence-electron chi connectivity index (χ3n) is 5.46. The topological polar surface area (TPSA) is 49.8 Å². The predicted octanol–water partition coefficient (Wildman–Crippen LogP) is 3.26. The summed E-state index contributed by atoms with van der Waals surface area (Å²) in [4.78, 5) is 14.8. The summed E-state index contributed by atoms with van der Waals surface area (Å²) < 4.78 is 5.88. The van der Waals surface area contributed by atoms with Crippen molar-refractivity contribution in [2.24, 2.45) is 5.41 Å². The van der Waals surface area contributed by atoms with E-state index in [0.29, 0.717) is 30.3 Å². The first-order valence-corrected chi connectivity index (χ1v) is 8.80. The van der Waals surface area contributed by atoms with Gasteiger partial charge in [0.2, 0.25) is 0 Å². The van der Waals surface area contributed by atoms with E-state index in [1.165, 1.54) is 0 Å². The van der Waals surface area contributed by atoms with Crippen molar-refractivity contribution in [1.29, 1.82) is 0 Å². The van der Waals surface area contributed by atoms with Gasteiger partial charge in [0.05, 0.1) is 18.6 Å². The summed E-state index contributed by atoms with van der Waals surface area (Å²) >= 11 is 6.07. The summed E-state index contributed by atoms with van der Waals surface area (Å²) in [6, 6.07) is 13.2. The normalized spacial score (nSPS) is 24.4. The van der Waals surface area contributed by atoms with E-state index in [9.17, 15) is 9.90 Å². The van der Waals surface area contributed by atoms with E-state index in [1.54, 1.807) is 12.1 Å². The molecule has 1 fully saturated rings. The number of likely N-dealkylation sites (tertiary alicyclic amines) is 1. The summed E-state index contributed by atoms with van der Waals surface area (Å²) in [7, 11) is 0. The van der Waals surface area contributed by atoms with Crippen LogP contribution in [0, 0.1) is 12.3 Å². The minimum Gasteiger partial charge on any atom is -0.493 e. The standard InChI is InChI=1S/C20H20ClNO3/c1-13-8-14(6-7-17(13)21)19(24)22-9-16-15-4-2-3-5-18(15)25-12-20(16,10-22)11-23/h2-8,16,23H,9-12H2,1H3/t16-,20-/m1/s1. The largest absolute Gasteiger partial charge is 0.493 e. The first kappa shape index (κ1) is 16.4. The number of para-hydroxylation sites is 1. The smallest absolute Gasteiger partial charge is 0.253 e. The lowest BCUT2D eigenvalue weighted by molar-refractivity contribution is 0.0440. The Morgan fingerprint density at radius 1 is 1.36 bits per heavy atom. The first-order valence-electron chi connectivity index (χ1n) is 8.42. The first-order chi connectivity index (χ1) is 12.0. The van der Waals surface area contributed by atoms with Crippen LogP contribution in [0.3, 0.4) is 0 Å². The van der Waals surface area contributed by atoms with Crippen LogP contribution in [-0.4, -0.2) is 42.2 Å². The number of nitrogens with zero attached hydrogens (tertiary/aromatic N) is 1. The van der Waals surface area contributed by atoms with Gasteiger partial charge in [0.15, 0.2) is 0 Å². The maximum atomic E-state index is 13.0. The van der Waals surface area contributed by atoms with Crippen LogP contribution in [0.5, 0.6) is 5.75 Å². The number of aryl methyl sites for hydroxylation is 1. The summed E-state index contributed by atoms with van der Waals surface area (Å²) in [6.45, 7) is 3.39. The van der Waals surface area contributed by atoms with E-state index >= 15 is 0 Å². The van der Waals surface area contributed by atoms with E-state index in [2.05, 4.69) is 0 Å². The van der Waals surface area contributed by atoms with Gasteiger partial charge in [0.25, 0.3) is 5.91 Å². The minimum absolute atomic E-state index is 0.00454. The van der Waals surface area contributed by atoms with Gasteiger partial charge in [-0.15, -0.1) is 0 Å². The fourth-order valence-electron chi connectivity index (χ4n) is 3.99. The lowest BCUT2D eigenvalue weighted by Crippen LogP contribution is -2.42. The molecular weight excluding hydrogens is 338 g/mol. The van der Waals surface area contributed by atoms with Crippen molar-refractivity contribution in [1.82, 2.24) is 4.90 Å². The number of fused-ring (bicyclic) bond motifs is 3. The summed E-state index contributed by atoms with van der Waals surface area (Å²) in [5.74, 6) is 0.910. The third-order valence-corrected chi connectivity index (χ3v) is 5.89. The van der Waals surface area contributed by atoms with Gasteiger partial charge in [-0.25, -0.2) is 0 Å². The molecule has 4 nitrogen and oxygen atoms in total. The average Bonchev–Trinajstić information content (AvgIpc) is 3.04. The number of amides is 1. The number of ether oxygens (including phenoxy) is 1. The Hall–Kier alpha value is -2.04. The van der Waals surface area contributed by atoms with E-state index in [-0.39, 0.29) is 18.4 Å². The molecule has 2 heterocycles. The van der Waals surface area contributed by atoms with Crippen molar-refractivity contribution < 1.29 is 14.6 Å². The molecule has 130 valence electrons. The molecule has 0 unspecified atom stereocenters. The zero-order chi connectivity index (χ0) is 17.6. The molecule has 2 aliphatic heterocycles. The molecule has 2 aromatic carbocycles. The second-order valence-electron chi connectivity index (χ2n) is 7.05. The number of aliphatic hydroxyl groups excluding tert-OH is 1. The van der Waals surface area contributed by atoms with E-state index in [0.717, 1.165) is 16.9 Å². The van der Waals surface area contributed by atoms with Crippen LogP contribution >= 0.6 is 11.6 Å². The van der Waals surface area contributed by atoms with Crippen LogP contribution in [0.25, 0.3) is 0 Å². The molecule has 0 spiro atoms. The molecule has 2 aromatic rings. The summed E-state index contributed by atoms with van der Waals surface area (Å²) in [6.07, 6.45) is 0. The maximum Gasteiger partial charge on any atom is 0.253 e. The van der Waals surface area contributed by atoms with Crippen molar-refractivity contribution in [2.45, 2.75) is 12.8 Å². The number of benzene rings is 2. The molecule has 0 bridgehead atoms. The van der Waals surface area contributed by atoms with Gasteiger partial charge in [-0.05, 0) is 42.3 Å². The van der Waals surface area contributed by atoms with Gasteiger partial charge in [-0.3, -0.25) is 4.79 Å². The van der Waals surface area contributed by atoms with Gasteiger partial charge in [0.1, 0.15) is 5.75 Å². The number of halogens is 1. The molecular formula is C20H20ClNO3. The molecule has 0 aromatic heterocycles. The van der Waals surface area contributed by atoms with Crippen molar-refractivity contribution in [2.75, 3.05) is 26.3 Å². The van der Waals surface area contributed by atoms with Gasteiger partial charge in [0, 0.05) is 29.6 Å². The molecule has 1 saturated heterocycles. The Morgan fingerprint density at radius 3 is 2.92 bits per heavy atom. The molecule has 1 amide bonds. The highest BCUT2D eigenvalue weighted by atomic mass is 35.5. The Kier molecular flexibility index (Phi) is 3.97. The Balaban J connectivity index is 1.66. The number of carbonyl (C=O) groups is 1. The van der Waals surface area contributed by atoms with Crippen LogP contribution in [0.15, 0.2) is 42.5 Å². The molecule has 25 heavy (non-hydrogen) atoms. The quantitative estimate of drug-likeness (QED) is 0.897. The Bertz CT molecular complexity index is 837. The van der Waals surface area contributed by atoms with E-state index in [4.69, 9.17) is 16.3 Å². The summed E-state index contributed by atoms with van der Waals surface area (Å²) in [5.41, 5.74) is 2.15. The molecule has 2 aliphatic rings. The molecule has 1 N–H and O–H groups in total. The van der Waals surface area contributed by atoms with Crippen molar-refractivity contribution >= 4 is 17.5 Å². The zero-order valence-corrected chi connectivity index (χ0v) is 14.8. The second-order valence-corrected chi connectivity index (χ2v) is 7.46. The van der Waals surface area contributed by atoms with Crippen LogP contribution in [0.1, 0.15) is 27.4 Å². The van der Waals surface area contributed by atoms with Crippen molar-refractivity contribution in [3.8, 4) is 5.75 Å². The molecule has 5 heteroatoms. The number of carbonyl (C=O) groups excluding carboxylic acids is 1. The maximum absolute atomic E-state index is 13.0. The van der Waals surface area contributed by atoms with Gasteiger partial charge in [-0.2, -0.15) is 0 Å². The van der Waals surface area contributed by atoms with Crippen molar-refractivity contribution in [3.63, 3.8) is 0 Å². The predicted molar refractivity (Wildman–Crippen MR) is 96.3 cm³/mol. The van der Waals surface area contributed by atoms with Gasteiger partial charge >= 0.3 is 0 Å². The number of rotatable bonds is 2. The average molecular weight is 358 g/mol. The molecule has 0 aliphatic carbocycles. The molecule has 2 atom stereocenters. The van der Waals surface area contributed by atoms with Crippen LogP contribution in [0.4, 0.5) is 0 Å². The molecule has 0 radical (unpaired) electrons. The second kappa shape index (κ2) is 6.04. The Morgan fingerprint density at radius 2 is 2.16 bits per heavy atom. The third kappa shape index (κ3) is 2.60. The zero-order valence-electron chi connectivity index (χ0n) is 14.0. The SMILES string of the molecule is Cc1cc(C(=O)N2C[C@@H]3c4ccccc4OC[C@]3(CO)C2)ccc1Cl. The lowest BCUT2D eigenvalue weighted by Gasteiger charge is -2.37. The summed E-state index contributed by atoms with van der Waals surface area (Å²) in [5, 5.41) is 10.7. The van der Waals surface area contributed by atoms with Crippen LogP contribution < -0.4 is 4.74 Å². The number of hydrogen-bond acceptors (Lipinski definition) is 3. The lowest BCUT2D eigenvalue weighted by atomic mass is 9.74. The minimum atomic E-state index is -0.439. The highest BCUT2D eigenvalue weighted by molar-refractivity contribution is 6.31. The fraction of sp³-hybridized carbons (Fsp3) is 0.350. The van der Waals surface area contributed by atoms with E-state index in [1.807, 2.05) is 42.2 Å². The fourth-order valence-corrected chi connectivity index (χ4v) is 4.10. The molecule has 0 saturated carbocycles. The molecule has 4 rings (SSSR count). The number of hydrogen-bond donors (Lipinski definition) is 1. The van der Waals surface area contributed by atoms with Crippen LogP contribution in [0.2, 0.25) is 5.02 Å². The highest BCUT2D eigenvalue weighted by Crippen LogP contribution is 2.49. The van der Waals surface area contributed by atoms with Crippen molar-refractivity contribution in [3.05, 3.63) is 64.2 Å². The van der Waals surface area contributed by atoms with E-state index < -0.39 is 5.41 Å². The highest BCUT2D eigenvalue weighted by Gasteiger charge is 2.52. The number of aliphatic hydroxyl groups is 1. The van der Waals surface area contributed by atoms with Crippen LogP contribution in [-0.2, 0) is 0 Å². The monoisotopic (exact) mass is 357 g/mol. The van der Waals surface area contributed by atoms with Gasteiger partial charge < -0.3 is 14.7 Å².